The van der Waals surface area contributed by atoms with E-state index in [1.54, 1.807) is 10.8 Å². The molecule has 0 aromatic carbocycles. The number of halogens is 1. The minimum atomic E-state index is 0.0173. The zero-order valence-corrected chi connectivity index (χ0v) is 12.8. The fraction of sp³-hybridized carbons (Fsp3) is 0.714. The van der Waals surface area contributed by atoms with Crippen molar-refractivity contribution in [3.05, 3.63) is 26.8 Å². The molecule has 0 amide bonds. The number of nitrogens with zero attached hydrogens (tertiary/aromatic N) is 2. The van der Waals surface area contributed by atoms with Gasteiger partial charge in [-0.25, -0.2) is 4.98 Å². The lowest BCUT2D eigenvalue weighted by molar-refractivity contribution is 0.402. The molecular weight excluding hydrogens is 306 g/mol. The highest BCUT2D eigenvalue weighted by Gasteiger charge is 2.40. The molecule has 5 heteroatoms. The van der Waals surface area contributed by atoms with Gasteiger partial charge in [-0.3, -0.25) is 9.36 Å². The number of aromatic nitrogens is 2. The fourth-order valence-corrected chi connectivity index (χ4v) is 3.10. The van der Waals surface area contributed by atoms with Gasteiger partial charge in [0.15, 0.2) is 0 Å². The van der Waals surface area contributed by atoms with Crippen LogP contribution in [0.25, 0.3) is 0 Å². The highest BCUT2D eigenvalue weighted by atomic mass is 79.9. The summed E-state index contributed by atoms with van der Waals surface area (Å²) in [4.78, 5) is 16.2. The number of hydrogen-bond acceptors (Lipinski definition) is 3. The SMILES string of the molecule is Cc1ncc(Br)c(=O)n1CCNC(C1CC1)C1CC1. The monoisotopic (exact) mass is 325 g/mol. The second-order valence-electron chi connectivity index (χ2n) is 5.76. The van der Waals surface area contributed by atoms with Crippen LogP contribution in [-0.2, 0) is 6.54 Å². The summed E-state index contributed by atoms with van der Waals surface area (Å²) in [7, 11) is 0. The molecule has 1 N–H and O–H groups in total. The summed E-state index contributed by atoms with van der Waals surface area (Å²) in [5.74, 6) is 2.57. The highest BCUT2D eigenvalue weighted by molar-refractivity contribution is 9.10. The lowest BCUT2D eigenvalue weighted by atomic mass is 10.1. The molecule has 2 aliphatic rings. The van der Waals surface area contributed by atoms with Gasteiger partial charge in [-0.2, -0.15) is 0 Å². The average molecular weight is 326 g/mol. The summed E-state index contributed by atoms with van der Waals surface area (Å²) in [6, 6.07) is 0.691. The molecular formula is C14H20BrN3O. The number of rotatable bonds is 6. The minimum Gasteiger partial charge on any atom is -0.312 e. The van der Waals surface area contributed by atoms with Crippen LogP contribution in [0.4, 0.5) is 0 Å². The second kappa shape index (κ2) is 5.37. The third kappa shape index (κ3) is 3.08. The van der Waals surface area contributed by atoms with Crippen molar-refractivity contribution in [3.63, 3.8) is 0 Å². The first kappa shape index (κ1) is 13.3. The Labute approximate surface area is 121 Å². The molecule has 1 aromatic rings. The topological polar surface area (TPSA) is 46.9 Å². The molecule has 0 spiro atoms. The Morgan fingerprint density at radius 3 is 2.63 bits per heavy atom. The van der Waals surface area contributed by atoms with Crippen LogP contribution in [0.3, 0.4) is 0 Å². The molecule has 1 heterocycles. The van der Waals surface area contributed by atoms with Gasteiger partial charge in [-0.05, 0) is 60.4 Å². The van der Waals surface area contributed by atoms with Crippen LogP contribution < -0.4 is 10.9 Å². The van der Waals surface area contributed by atoms with Crippen LogP contribution in [0.15, 0.2) is 15.5 Å². The molecule has 3 rings (SSSR count). The van der Waals surface area contributed by atoms with Crippen molar-refractivity contribution in [2.75, 3.05) is 6.54 Å². The molecule has 4 nitrogen and oxygen atoms in total. The third-order valence-corrected chi connectivity index (χ3v) is 4.72. The Morgan fingerprint density at radius 2 is 2.05 bits per heavy atom. The molecule has 0 saturated heterocycles. The maximum Gasteiger partial charge on any atom is 0.267 e. The van der Waals surface area contributed by atoms with Crippen LogP contribution in [0, 0.1) is 18.8 Å². The lowest BCUT2D eigenvalue weighted by Crippen LogP contribution is -2.37. The van der Waals surface area contributed by atoms with E-state index < -0.39 is 0 Å². The Kier molecular flexibility index (Phi) is 3.76. The predicted molar refractivity (Wildman–Crippen MR) is 78.2 cm³/mol. The number of nitrogens with one attached hydrogen (secondary N) is 1. The average Bonchev–Trinajstić information content (AvgIpc) is 3.26. The maximum absolute atomic E-state index is 12.0. The lowest BCUT2D eigenvalue weighted by Gasteiger charge is -2.18. The molecule has 0 unspecified atom stereocenters. The molecule has 104 valence electrons. The van der Waals surface area contributed by atoms with Crippen molar-refractivity contribution in [1.82, 2.24) is 14.9 Å². The van der Waals surface area contributed by atoms with Crippen molar-refractivity contribution in [1.29, 1.82) is 0 Å². The summed E-state index contributed by atoms with van der Waals surface area (Å²) in [5, 5.41) is 3.66. The summed E-state index contributed by atoms with van der Waals surface area (Å²) in [5.41, 5.74) is 0.0173. The van der Waals surface area contributed by atoms with Crippen LogP contribution in [-0.4, -0.2) is 22.1 Å². The minimum absolute atomic E-state index is 0.0173. The van der Waals surface area contributed by atoms with Gasteiger partial charge in [0.25, 0.3) is 5.56 Å². The molecule has 0 aliphatic heterocycles. The smallest absolute Gasteiger partial charge is 0.267 e. The van der Waals surface area contributed by atoms with Crippen molar-refractivity contribution in [2.45, 2.75) is 45.2 Å². The maximum atomic E-state index is 12.0. The summed E-state index contributed by atoms with van der Waals surface area (Å²) in [6.07, 6.45) is 7.10. The van der Waals surface area contributed by atoms with E-state index in [0.29, 0.717) is 17.1 Å². The van der Waals surface area contributed by atoms with Crippen molar-refractivity contribution < 1.29 is 0 Å². The summed E-state index contributed by atoms with van der Waals surface area (Å²) in [6.45, 7) is 3.44. The first-order valence-corrected chi connectivity index (χ1v) is 7.91. The fourth-order valence-electron chi connectivity index (χ4n) is 2.79. The van der Waals surface area contributed by atoms with Crippen LogP contribution in [0.2, 0.25) is 0 Å². The predicted octanol–water partition coefficient (Wildman–Crippen LogP) is 2.09. The van der Waals surface area contributed by atoms with Gasteiger partial charge in [-0.15, -0.1) is 0 Å². The van der Waals surface area contributed by atoms with Gasteiger partial charge in [-0.1, -0.05) is 0 Å². The van der Waals surface area contributed by atoms with E-state index in [0.717, 1.165) is 24.2 Å². The van der Waals surface area contributed by atoms with Crippen LogP contribution in [0.5, 0.6) is 0 Å². The van der Waals surface area contributed by atoms with E-state index in [4.69, 9.17) is 0 Å². The van der Waals surface area contributed by atoms with E-state index in [2.05, 4.69) is 26.2 Å². The van der Waals surface area contributed by atoms with E-state index in [-0.39, 0.29) is 5.56 Å². The Balaban J connectivity index is 1.60. The standard InChI is InChI=1S/C14H20BrN3O/c1-9-17-8-12(15)14(19)18(9)7-6-16-13(10-2-3-10)11-4-5-11/h8,10-11,13,16H,2-7H2,1H3. The molecule has 1 aromatic heterocycles. The van der Waals surface area contributed by atoms with Gasteiger partial charge in [0.05, 0.1) is 0 Å². The molecule has 0 radical (unpaired) electrons. The summed E-state index contributed by atoms with van der Waals surface area (Å²) < 4.78 is 2.28. The molecule has 2 saturated carbocycles. The van der Waals surface area contributed by atoms with Crippen LogP contribution >= 0.6 is 15.9 Å². The second-order valence-corrected chi connectivity index (χ2v) is 6.62. The molecule has 0 atom stereocenters. The molecule has 2 fully saturated rings. The van der Waals surface area contributed by atoms with Gasteiger partial charge >= 0.3 is 0 Å². The van der Waals surface area contributed by atoms with Crippen molar-refractivity contribution >= 4 is 15.9 Å². The Morgan fingerprint density at radius 1 is 1.42 bits per heavy atom. The van der Waals surface area contributed by atoms with Crippen molar-refractivity contribution in [3.8, 4) is 0 Å². The van der Waals surface area contributed by atoms with E-state index >= 15 is 0 Å². The van der Waals surface area contributed by atoms with Crippen LogP contribution in [0.1, 0.15) is 31.5 Å². The third-order valence-electron chi connectivity index (χ3n) is 4.18. The van der Waals surface area contributed by atoms with E-state index in [1.807, 2.05) is 6.92 Å². The Hall–Kier alpha value is -0.680. The number of aryl methyl sites for hydroxylation is 1. The zero-order valence-electron chi connectivity index (χ0n) is 11.2. The largest absolute Gasteiger partial charge is 0.312 e. The number of hydrogen-bond donors (Lipinski definition) is 1. The van der Waals surface area contributed by atoms with Gasteiger partial charge in [0.2, 0.25) is 0 Å². The zero-order chi connectivity index (χ0) is 13.4. The Bertz CT molecular complexity index is 508. The van der Waals surface area contributed by atoms with Gasteiger partial charge < -0.3 is 5.32 Å². The van der Waals surface area contributed by atoms with Gasteiger partial charge in [0.1, 0.15) is 10.3 Å². The van der Waals surface area contributed by atoms with Crippen molar-refractivity contribution in [2.24, 2.45) is 11.8 Å². The van der Waals surface area contributed by atoms with E-state index in [1.165, 1.54) is 25.7 Å². The quantitative estimate of drug-likeness (QED) is 0.871. The normalized spacial score (nSPS) is 19.1. The summed E-state index contributed by atoms with van der Waals surface area (Å²) >= 11 is 3.25. The first-order chi connectivity index (χ1) is 9.16. The molecule has 19 heavy (non-hydrogen) atoms. The van der Waals surface area contributed by atoms with E-state index in [9.17, 15) is 4.79 Å². The molecule has 2 aliphatic carbocycles. The highest BCUT2D eigenvalue weighted by Crippen LogP contribution is 2.44. The molecule has 0 bridgehead atoms. The van der Waals surface area contributed by atoms with Gasteiger partial charge in [0, 0.05) is 25.3 Å². The first-order valence-electron chi connectivity index (χ1n) is 7.12.